The highest BCUT2D eigenvalue weighted by atomic mass is 35.5. The Kier molecular flexibility index (Phi) is 9.68. The number of carboxylic acids is 1. The summed E-state index contributed by atoms with van der Waals surface area (Å²) in [5, 5.41) is 34.3. The monoisotopic (exact) mass is 555 g/mol. The maximum atomic E-state index is 13.1. The molecule has 0 saturated carbocycles. The van der Waals surface area contributed by atoms with Crippen LogP contribution < -0.4 is 31.2 Å². The van der Waals surface area contributed by atoms with E-state index < -0.39 is 31.0 Å². The lowest BCUT2D eigenvalue weighted by Crippen LogP contribution is -2.17. The van der Waals surface area contributed by atoms with Crippen molar-refractivity contribution in [3.63, 3.8) is 0 Å². The van der Waals surface area contributed by atoms with Crippen molar-refractivity contribution in [3.8, 4) is 11.5 Å². The van der Waals surface area contributed by atoms with Crippen LogP contribution in [0.1, 0.15) is 21.5 Å². The first kappa shape index (κ1) is 28.8. The number of aliphatic hydroxyl groups excluding tert-OH is 1. The first-order valence-corrected chi connectivity index (χ1v) is 11.7. The van der Waals surface area contributed by atoms with E-state index in [-0.39, 0.29) is 35.1 Å². The molecule has 13 heteroatoms. The second-order valence-electron chi connectivity index (χ2n) is 8.04. The van der Waals surface area contributed by atoms with Crippen molar-refractivity contribution in [2.75, 3.05) is 36.3 Å². The van der Waals surface area contributed by atoms with Crippen LogP contribution in [-0.4, -0.2) is 54.2 Å². The maximum absolute atomic E-state index is 13.1. The van der Waals surface area contributed by atoms with Crippen LogP contribution in [0.4, 0.5) is 17.1 Å². The zero-order valence-electron chi connectivity index (χ0n) is 20.7. The fourth-order valence-corrected chi connectivity index (χ4v) is 3.67. The highest BCUT2D eigenvalue weighted by Gasteiger charge is 2.18. The number of halogens is 1. The van der Waals surface area contributed by atoms with E-state index in [4.69, 9.17) is 42.4 Å². The Morgan fingerprint density at radius 2 is 1.74 bits per heavy atom. The van der Waals surface area contributed by atoms with Gasteiger partial charge in [-0.2, -0.15) is 0 Å². The van der Waals surface area contributed by atoms with Crippen molar-refractivity contribution in [1.82, 2.24) is 0 Å². The zero-order valence-corrected chi connectivity index (χ0v) is 21.5. The smallest absolute Gasteiger partial charge is 0.341 e. The third kappa shape index (κ3) is 7.84. The van der Waals surface area contributed by atoms with Gasteiger partial charge in [-0.25, -0.2) is 4.79 Å². The molecule has 8 N–H and O–H groups in total. The number of aliphatic hydroxyl groups is 1. The number of amidine groups is 1. The highest BCUT2D eigenvalue weighted by Crippen LogP contribution is 2.36. The fraction of sp³-hybridized carbons (Fsp3) is 0.154. The minimum absolute atomic E-state index is 0.0172. The average Bonchev–Trinajstić information content (AvgIpc) is 2.91. The Morgan fingerprint density at radius 1 is 1.03 bits per heavy atom. The molecule has 3 aromatic rings. The van der Waals surface area contributed by atoms with E-state index in [2.05, 4.69) is 16.0 Å². The summed E-state index contributed by atoms with van der Waals surface area (Å²) < 4.78 is 10.8. The summed E-state index contributed by atoms with van der Waals surface area (Å²) in [4.78, 5) is 36.0. The number of hydrogen-bond donors (Lipinski definition) is 7. The van der Waals surface area contributed by atoms with Gasteiger partial charge in [-0.3, -0.25) is 15.0 Å². The number of aliphatic carboxylic acids is 1. The van der Waals surface area contributed by atoms with Gasteiger partial charge < -0.3 is 41.4 Å². The van der Waals surface area contributed by atoms with Crippen LogP contribution >= 0.6 is 11.6 Å². The van der Waals surface area contributed by atoms with Crippen molar-refractivity contribution in [1.29, 1.82) is 5.41 Å². The molecule has 0 spiro atoms. The molecule has 0 aliphatic carbocycles. The molecule has 0 atom stereocenters. The molecule has 0 bridgehead atoms. The molecular weight excluding hydrogens is 530 g/mol. The Bertz CT molecular complexity index is 1400. The van der Waals surface area contributed by atoms with E-state index >= 15 is 0 Å². The lowest BCUT2D eigenvalue weighted by molar-refractivity contribution is -0.139. The molecule has 3 rings (SSSR count). The van der Waals surface area contributed by atoms with Crippen LogP contribution in [-0.2, 0) is 16.1 Å². The molecule has 0 saturated heterocycles. The number of amides is 2. The van der Waals surface area contributed by atoms with Gasteiger partial charge in [-0.15, -0.1) is 0 Å². The average molecular weight is 556 g/mol. The van der Waals surface area contributed by atoms with Gasteiger partial charge in [0.15, 0.2) is 18.1 Å². The molecule has 12 nitrogen and oxygen atoms in total. The van der Waals surface area contributed by atoms with Crippen LogP contribution in [0.3, 0.4) is 0 Å². The molecule has 0 unspecified atom stereocenters. The number of carbonyl (C=O) groups is 3. The number of carbonyl (C=O) groups excluding carboxylic acids is 2. The molecule has 0 radical (unpaired) electrons. The molecule has 0 aliphatic heterocycles. The Morgan fingerprint density at radius 3 is 2.36 bits per heavy atom. The summed E-state index contributed by atoms with van der Waals surface area (Å²) in [6, 6.07) is 14.0. The number of benzene rings is 3. The zero-order chi connectivity index (χ0) is 28.5. The van der Waals surface area contributed by atoms with E-state index in [0.29, 0.717) is 27.5 Å². The van der Waals surface area contributed by atoms with Crippen molar-refractivity contribution < 1.29 is 34.1 Å². The number of nitrogen functional groups attached to an aromatic ring is 1. The van der Waals surface area contributed by atoms with Crippen LogP contribution in [0.25, 0.3) is 0 Å². The van der Waals surface area contributed by atoms with E-state index in [1.54, 1.807) is 36.4 Å². The number of ether oxygens (including phenoxy) is 2. The van der Waals surface area contributed by atoms with E-state index in [9.17, 15) is 14.4 Å². The van der Waals surface area contributed by atoms with Crippen LogP contribution in [0.2, 0.25) is 5.02 Å². The van der Waals surface area contributed by atoms with Gasteiger partial charge in [0, 0.05) is 45.8 Å². The molecule has 0 heterocycles. The first-order chi connectivity index (χ1) is 18.6. The lowest BCUT2D eigenvalue weighted by atomic mass is 10.1. The Hall–Kier alpha value is -4.81. The SMILES string of the molecule is COc1cc(NC(=O)CO)cc(CNc2ccc(Cl)cc2C(=O)Nc2ccc(C(=N)N)cc2)c1OCC(=O)O. The van der Waals surface area contributed by atoms with Crippen LogP contribution in [0.15, 0.2) is 54.6 Å². The Balaban J connectivity index is 1.90. The van der Waals surface area contributed by atoms with Gasteiger partial charge in [-0.05, 0) is 48.5 Å². The highest BCUT2D eigenvalue weighted by molar-refractivity contribution is 6.31. The fourth-order valence-electron chi connectivity index (χ4n) is 3.49. The van der Waals surface area contributed by atoms with Crippen molar-refractivity contribution in [2.45, 2.75) is 6.54 Å². The molecular formula is C26H26ClN5O7. The molecule has 0 aromatic heterocycles. The van der Waals surface area contributed by atoms with E-state index in [1.165, 1.54) is 25.3 Å². The summed E-state index contributed by atoms with van der Waals surface area (Å²) in [7, 11) is 1.35. The first-order valence-electron chi connectivity index (χ1n) is 11.4. The number of rotatable bonds is 12. The lowest BCUT2D eigenvalue weighted by Gasteiger charge is -2.18. The van der Waals surface area contributed by atoms with E-state index in [1.807, 2.05) is 0 Å². The largest absolute Gasteiger partial charge is 0.493 e. The number of nitrogens with one attached hydrogen (secondary N) is 4. The van der Waals surface area contributed by atoms with Crippen LogP contribution in [0.5, 0.6) is 11.5 Å². The quantitative estimate of drug-likeness (QED) is 0.130. The normalized spacial score (nSPS) is 10.3. The van der Waals surface area contributed by atoms with Gasteiger partial charge in [0.05, 0.1) is 12.7 Å². The maximum Gasteiger partial charge on any atom is 0.341 e. The van der Waals surface area contributed by atoms with Gasteiger partial charge in [-0.1, -0.05) is 11.6 Å². The van der Waals surface area contributed by atoms with Gasteiger partial charge in [0.2, 0.25) is 5.91 Å². The molecule has 204 valence electrons. The van der Waals surface area contributed by atoms with Gasteiger partial charge in [0.25, 0.3) is 5.91 Å². The number of methoxy groups -OCH3 is 1. The van der Waals surface area contributed by atoms with Crippen molar-refractivity contribution in [3.05, 3.63) is 76.3 Å². The number of nitrogens with two attached hydrogens (primary N) is 1. The van der Waals surface area contributed by atoms with Gasteiger partial charge >= 0.3 is 5.97 Å². The van der Waals surface area contributed by atoms with E-state index in [0.717, 1.165) is 0 Å². The minimum atomic E-state index is -1.21. The van der Waals surface area contributed by atoms with Crippen molar-refractivity contribution in [2.24, 2.45) is 5.73 Å². The van der Waals surface area contributed by atoms with Crippen LogP contribution in [0, 0.1) is 5.41 Å². The summed E-state index contributed by atoms with van der Waals surface area (Å²) in [6.45, 7) is -1.38. The Labute approximate surface area is 228 Å². The van der Waals surface area contributed by atoms with Gasteiger partial charge in [0.1, 0.15) is 12.4 Å². The molecule has 0 aliphatic rings. The standard InChI is InChI=1S/C26H26ClN5O7/c1-38-21-10-18(31-22(34)12-33)8-15(24(21)39-13-23(35)36)11-30-20-7-4-16(27)9-19(20)26(37)32-17-5-2-14(3-6-17)25(28)29/h2-10,30,33H,11-13H2,1H3,(H3,28,29)(H,31,34)(H,32,37)(H,35,36). The molecule has 39 heavy (non-hydrogen) atoms. The van der Waals surface area contributed by atoms with Crippen molar-refractivity contribution >= 4 is 52.3 Å². The topological polar surface area (TPSA) is 196 Å². The second-order valence-corrected chi connectivity index (χ2v) is 8.48. The number of carboxylic acid groups (broad SMARTS) is 1. The molecule has 2 amide bonds. The predicted octanol–water partition coefficient (Wildman–Crippen LogP) is 2.89. The molecule has 0 fully saturated rings. The number of anilines is 3. The summed E-state index contributed by atoms with van der Waals surface area (Å²) >= 11 is 6.16. The predicted molar refractivity (Wildman–Crippen MR) is 146 cm³/mol. The minimum Gasteiger partial charge on any atom is -0.493 e. The third-order valence-corrected chi connectivity index (χ3v) is 5.50. The summed E-state index contributed by atoms with van der Waals surface area (Å²) in [6.07, 6.45) is 0. The second kappa shape index (κ2) is 13.1. The molecule has 3 aromatic carbocycles. The summed E-state index contributed by atoms with van der Waals surface area (Å²) in [5.41, 5.74) is 7.72. The third-order valence-electron chi connectivity index (χ3n) is 5.27. The summed E-state index contributed by atoms with van der Waals surface area (Å²) in [5.74, 6) is -2.19. The number of hydrogen-bond acceptors (Lipinski definition) is 8.